The zero-order chi connectivity index (χ0) is 15.4. The predicted molar refractivity (Wildman–Crippen MR) is 76.8 cm³/mol. The Bertz CT molecular complexity index is 693. The van der Waals surface area contributed by atoms with Crippen LogP contribution in [0.15, 0.2) is 36.4 Å². The van der Waals surface area contributed by atoms with Crippen LogP contribution in [0.4, 0.5) is 4.39 Å². The minimum Gasteiger partial charge on any atom is -0.496 e. The molecule has 0 unspecified atom stereocenters. The van der Waals surface area contributed by atoms with Crippen LogP contribution in [0.2, 0.25) is 0 Å². The number of hydrogen-bond donors (Lipinski definition) is 1. The van der Waals surface area contributed by atoms with E-state index in [0.717, 1.165) is 6.07 Å². The molecule has 0 amide bonds. The fourth-order valence-corrected chi connectivity index (χ4v) is 2.01. The van der Waals surface area contributed by atoms with Gasteiger partial charge in [-0.2, -0.15) is 5.26 Å². The van der Waals surface area contributed by atoms with Crippen LogP contribution in [-0.2, 0) is 0 Å². The molecular weight excluding hydrogens is 271 g/mol. The van der Waals surface area contributed by atoms with Crippen molar-refractivity contribution in [3.63, 3.8) is 0 Å². The third-order valence-electron chi connectivity index (χ3n) is 2.98. The number of benzene rings is 2. The first-order valence-corrected chi connectivity index (χ1v) is 6.36. The van der Waals surface area contributed by atoms with Gasteiger partial charge in [-0.25, -0.2) is 4.39 Å². The number of rotatable bonds is 4. The maximum atomic E-state index is 13.9. The van der Waals surface area contributed by atoms with Crippen LogP contribution < -0.4 is 15.2 Å². The van der Waals surface area contributed by atoms with Crippen LogP contribution in [0.3, 0.4) is 0 Å². The van der Waals surface area contributed by atoms with Crippen molar-refractivity contribution in [3.8, 4) is 23.3 Å². The van der Waals surface area contributed by atoms with Gasteiger partial charge in [0.25, 0.3) is 0 Å². The SMILES string of the molecule is COc1cccc(Oc2ccc(C#N)cc2F)c1[C@@H](C)N. The molecular formula is C16H15FN2O2. The average Bonchev–Trinajstić information content (AvgIpc) is 2.48. The minimum absolute atomic E-state index is 0.0316. The van der Waals surface area contributed by atoms with E-state index < -0.39 is 5.82 Å². The molecule has 0 fully saturated rings. The van der Waals surface area contributed by atoms with Gasteiger partial charge in [0.1, 0.15) is 11.5 Å². The summed E-state index contributed by atoms with van der Waals surface area (Å²) in [5.41, 5.74) is 6.82. The highest BCUT2D eigenvalue weighted by Gasteiger charge is 2.16. The second-order valence-corrected chi connectivity index (χ2v) is 4.52. The molecule has 21 heavy (non-hydrogen) atoms. The molecule has 2 aromatic rings. The van der Waals surface area contributed by atoms with Crippen LogP contribution >= 0.6 is 0 Å². The largest absolute Gasteiger partial charge is 0.496 e. The average molecular weight is 286 g/mol. The van der Waals surface area contributed by atoms with E-state index in [4.69, 9.17) is 20.5 Å². The summed E-state index contributed by atoms with van der Waals surface area (Å²) in [6.45, 7) is 1.79. The lowest BCUT2D eigenvalue weighted by molar-refractivity contribution is 0.393. The van der Waals surface area contributed by atoms with Crippen molar-refractivity contribution in [1.29, 1.82) is 5.26 Å². The normalized spacial score (nSPS) is 11.6. The van der Waals surface area contributed by atoms with Crippen molar-refractivity contribution in [1.82, 2.24) is 0 Å². The minimum atomic E-state index is -0.604. The molecule has 0 aliphatic carbocycles. The number of ether oxygens (including phenoxy) is 2. The van der Waals surface area contributed by atoms with Gasteiger partial charge in [-0.1, -0.05) is 6.07 Å². The zero-order valence-electron chi connectivity index (χ0n) is 11.8. The Morgan fingerprint density at radius 2 is 1.90 bits per heavy atom. The molecule has 0 radical (unpaired) electrons. The monoisotopic (exact) mass is 286 g/mol. The third kappa shape index (κ3) is 3.12. The fraction of sp³-hybridized carbons (Fsp3) is 0.188. The lowest BCUT2D eigenvalue weighted by atomic mass is 10.1. The van der Waals surface area contributed by atoms with Gasteiger partial charge < -0.3 is 15.2 Å². The molecule has 5 heteroatoms. The van der Waals surface area contributed by atoms with Gasteiger partial charge in [0.05, 0.1) is 24.3 Å². The van der Waals surface area contributed by atoms with Crippen LogP contribution in [0.1, 0.15) is 24.1 Å². The smallest absolute Gasteiger partial charge is 0.167 e. The number of nitriles is 1. The Morgan fingerprint density at radius 3 is 2.48 bits per heavy atom. The molecule has 0 saturated carbocycles. The standard InChI is InChI=1S/C16H15FN2O2/c1-10(19)16-14(20-2)4-3-5-15(16)21-13-7-6-11(9-18)8-12(13)17/h3-8,10H,19H2,1-2H3/t10-/m1/s1. The van der Waals surface area contributed by atoms with Crippen molar-refractivity contribution < 1.29 is 13.9 Å². The first-order chi connectivity index (χ1) is 10.1. The lowest BCUT2D eigenvalue weighted by Crippen LogP contribution is -2.09. The Hall–Kier alpha value is -2.58. The maximum absolute atomic E-state index is 13.9. The third-order valence-corrected chi connectivity index (χ3v) is 2.98. The van der Waals surface area contributed by atoms with Gasteiger partial charge >= 0.3 is 0 Å². The molecule has 2 N–H and O–H groups in total. The molecule has 0 aliphatic rings. The molecule has 0 spiro atoms. The van der Waals surface area contributed by atoms with E-state index in [1.807, 2.05) is 6.07 Å². The summed E-state index contributed by atoms with van der Waals surface area (Å²) < 4.78 is 24.8. The van der Waals surface area contributed by atoms with E-state index in [1.54, 1.807) is 25.1 Å². The number of hydrogen-bond acceptors (Lipinski definition) is 4. The number of methoxy groups -OCH3 is 1. The molecule has 0 saturated heterocycles. The topological polar surface area (TPSA) is 68.3 Å². The molecule has 108 valence electrons. The maximum Gasteiger partial charge on any atom is 0.167 e. The summed E-state index contributed by atoms with van der Waals surface area (Å²) in [6, 6.07) is 10.8. The number of nitrogens with zero attached hydrogens (tertiary/aromatic N) is 1. The molecule has 0 aliphatic heterocycles. The van der Waals surface area contributed by atoms with Crippen LogP contribution in [0.25, 0.3) is 0 Å². The summed E-state index contributed by atoms with van der Waals surface area (Å²) >= 11 is 0. The van der Waals surface area contributed by atoms with Gasteiger partial charge in [-0.3, -0.25) is 0 Å². The number of nitrogens with two attached hydrogens (primary N) is 1. The van der Waals surface area contributed by atoms with E-state index in [-0.39, 0.29) is 17.4 Å². The van der Waals surface area contributed by atoms with Crippen LogP contribution in [0.5, 0.6) is 17.2 Å². The van der Waals surface area contributed by atoms with Gasteiger partial charge in [0.2, 0.25) is 0 Å². The first-order valence-electron chi connectivity index (χ1n) is 6.36. The van der Waals surface area contributed by atoms with Crippen molar-refractivity contribution in [2.24, 2.45) is 5.73 Å². The van der Waals surface area contributed by atoms with E-state index in [9.17, 15) is 4.39 Å². The lowest BCUT2D eigenvalue weighted by Gasteiger charge is -2.17. The van der Waals surface area contributed by atoms with Gasteiger partial charge in [-0.15, -0.1) is 0 Å². The number of halogens is 1. The summed E-state index contributed by atoms with van der Waals surface area (Å²) in [7, 11) is 1.54. The zero-order valence-corrected chi connectivity index (χ0v) is 11.8. The van der Waals surface area contributed by atoms with Gasteiger partial charge in [0, 0.05) is 6.04 Å². The molecule has 4 nitrogen and oxygen atoms in total. The predicted octanol–water partition coefficient (Wildman–Crippen LogP) is 3.52. The summed E-state index contributed by atoms with van der Waals surface area (Å²) in [5.74, 6) is 0.432. The van der Waals surface area contributed by atoms with Crippen LogP contribution in [-0.4, -0.2) is 7.11 Å². The highest BCUT2D eigenvalue weighted by molar-refractivity contribution is 5.49. The van der Waals surface area contributed by atoms with Crippen LogP contribution in [0, 0.1) is 17.1 Å². The molecule has 0 aromatic heterocycles. The molecule has 2 rings (SSSR count). The van der Waals surface area contributed by atoms with Gasteiger partial charge in [0.15, 0.2) is 11.6 Å². The molecule has 1 atom stereocenters. The Kier molecular flexibility index (Phi) is 4.41. The first kappa shape index (κ1) is 14.8. The van der Waals surface area contributed by atoms with Crippen molar-refractivity contribution in [2.75, 3.05) is 7.11 Å². The second-order valence-electron chi connectivity index (χ2n) is 4.52. The van der Waals surface area contributed by atoms with Gasteiger partial charge in [-0.05, 0) is 37.3 Å². The van der Waals surface area contributed by atoms with E-state index in [1.165, 1.54) is 19.2 Å². The summed E-state index contributed by atoms with van der Waals surface area (Å²) in [5, 5.41) is 8.74. The van der Waals surface area contributed by atoms with E-state index in [2.05, 4.69) is 0 Å². The summed E-state index contributed by atoms with van der Waals surface area (Å²) in [6.07, 6.45) is 0. The Labute approximate surface area is 122 Å². The second kappa shape index (κ2) is 6.25. The molecule has 2 aromatic carbocycles. The molecule has 0 bridgehead atoms. The molecule has 0 heterocycles. The van der Waals surface area contributed by atoms with Crippen molar-refractivity contribution >= 4 is 0 Å². The Morgan fingerprint density at radius 1 is 1.19 bits per heavy atom. The quantitative estimate of drug-likeness (QED) is 0.933. The highest BCUT2D eigenvalue weighted by atomic mass is 19.1. The highest BCUT2D eigenvalue weighted by Crippen LogP contribution is 2.36. The fourth-order valence-electron chi connectivity index (χ4n) is 2.01. The van der Waals surface area contributed by atoms with Crippen molar-refractivity contribution in [3.05, 3.63) is 53.3 Å². The Balaban J connectivity index is 2.43. The van der Waals surface area contributed by atoms with E-state index >= 15 is 0 Å². The van der Waals surface area contributed by atoms with E-state index in [0.29, 0.717) is 17.1 Å². The van der Waals surface area contributed by atoms with Crippen molar-refractivity contribution in [2.45, 2.75) is 13.0 Å². The summed E-state index contributed by atoms with van der Waals surface area (Å²) in [4.78, 5) is 0.